The Bertz CT molecular complexity index is 1550. The molecule has 0 unspecified atom stereocenters. The van der Waals surface area contributed by atoms with E-state index in [1.807, 2.05) is 24.2 Å². The Kier molecular flexibility index (Phi) is 7.73. The van der Waals surface area contributed by atoms with Crippen molar-refractivity contribution in [2.75, 3.05) is 23.9 Å². The molecular weight excluding hydrogens is 562 g/mol. The van der Waals surface area contributed by atoms with Crippen LogP contribution in [0, 0.1) is 17.7 Å². The molecule has 0 bridgehead atoms. The molecule has 5 rings (SSSR count). The third kappa shape index (κ3) is 6.03. The number of hydrazine groups is 1. The first-order chi connectivity index (χ1) is 19.3. The number of nitrogens with zero attached hydrogens (tertiary/aromatic N) is 2. The number of halogens is 4. The normalized spacial score (nSPS) is 20.5. The van der Waals surface area contributed by atoms with Crippen LogP contribution in [0.1, 0.15) is 35.7 Å². The smallest absolute Gasteiger partial charge is 0.404 e. The van der Waals surface area contributed by atoms with Crippen molar-refractivity contribution >= 4 is 21.7 Å². The first-order valence-electron chi connectivity index (χ1n) is 13.2. The summed E-state index contributed by atoms with van der Waals surface area (Å²) in [5.41, 5.74) is 8.08. The van der Waals surface area contributed by atoms with Gasteiger partial charge in [0.2, 0.25) is 10.0 Å². The average molecular weight is 592 g/mol. The van der Waals surface area contributed by atoms with Crippen molar-refractivity contribution < 1.29 is 35.9 Å². The molecule has 2 N–H and O–H groups in total. The van der Waals surface area contributed by atoms with Gasteiger partial charge in [-0.05, 0) is 72.7 Å². The van der Waals surface area contributed by atoms with E-state index in [1.165, 1.54) is 30.3 Å². The number of carboxylic acid groups (broad SMARTS) is 1. The van der Waals surface area contributed by atoms with Crippen LogP contribution in [0.15, 0.2) is 83.2 Å². The van der Waals surface area contributed by atoms with Crippen LogP contribution in [0.5, 0.6) is 0 Å². The SMILES string of the molecule is C[C@H]1C2=CNN(c3ccc(F)cc3)C2=CC2=C1[C@@H](CN(CCc1ccccc1C(=O)O)S(=O)(=O)CC(F)(F)F)CC2. The predicted octanol–water partition coefficient (Wildman–Crippen LogP) is 5.41. The number of hydrogen-bond donors (Lipinski definition) is 2. The number of carbonyl (C=O) groups is 1. The molecule has 2 aromatic carbocycles. The number of fused-ring (bicyclic) bond motifs is 1. The van der Waals surface area contributed by atoms with E-state index in [-0.39, 0.29) is 42.7 Å². The van der Waals surface area contributed by atoms with E-state index in [9.17, 15) is 35.9 Å². The molecule has 1 heterocycles. The Morgan fingerprint density at radius 2 is 1.85 bits per heavy atom. The summed E-state index contributed by atoms with van der Waals surface area (Å²) >= 11 is 0. The summed E-state index contributed by atoms with van der Waals surface area (Å²) in [6.45, 7) is 1.57. The van der Waals surface area contributed by atoms with Crippen LogP contribution < -0.4 is 10.4 Å². The van der Waals surface area contributed by atoms with Crippen LogP contribution in [-0.2, 0) is 16.4 Å². The standard InChI is InChI=1S/C29H29F4N3O4S/c1-18-25-15-34-36(23-10-8-22(30)9-11-23)26(25)14-20-6-7-21(27(18)20)16-35(41(39,40)17-29(31,32)33)13-12-19-4-2-3-5-24(19)28(37)38/h2-5,8-11,14-15,18,21,34H,6-7,12-13,16-17H2,1H3,(H,37,38)/t18-,21+/m0/s1. The molecule has 0 radical (unpaired) electrons. The van der Waals surface area contributed by atoms with Crippen LogP contribution in [0.25, 0.3) is 0 Å². The lowest BCUT2D eigenvalue weighted by Gasteiger charge is -2.32. The van der Waals surface area contributed by atoms with Crippen LogP contribution in [0.3, 0.4) is 0 Å². The molecule has 41 heavy (non-hydrogen) atoms. The van der Waals surface area contributed by atoms with Crippen molar-refractivity contribution in [2.45, 2.75) is 32.4 Å². The largest absolute Gasteiger partial charge is 0.478 e. The van der Waals surface area contributed by atoms with E-state index in [1.54, 1.807) is 18.2 Å². The highest BCUT2D eigenvalue weighted by atomic mass is 32.2. The highest BCUT2D eigenvalue weighted by Crippen LogP contribution is 2.48. The summed E-state index contributed by atoms with van der Waals surface area (Å²) in [7, 11) is -4.73. The van der Waals surface area contributed by atoms with Gasteiger partial charge in [0.05, 0.1) is 16.9 Å². The van der Waals surface area contributed by atoms with Gasteiger partial charge in [0, 0.05) is 30.8 Å². The zero-order valence-electron chi connectivity index (χ0n) is 22.2. The molecule has 3 aliphatic rings. The first-order valence-corrected chi connectivity index (χ1v) is 14.8. The van der Waals surface area contributed by atoms with Crippen molar-refractivity contribution in [3.05, 3.63) is 100 Å². The quantitative estimate of drug-likeness (QED) is 0.379. The fraction of sp³-hybridized carbons (Fsp3) is 0.345. The van der Waals surface area contributed by atoms with E-state index in [4.69, 9.17) is 0 Å². The molecule has 2 aromatic rings. The van der Waals surface area contributed by atoms with E-state index in [2.05, 4.69) is 5.43 Å². The summed E-state index contributed by atoms with van der Waals surface area (Å²) in [4.78, 5) is 11.6. The molecule has 2 atom stereocenters. The number of nitrogens with one attached hydrogen (secondary N) is 1. The lowest BCUT2D eigenvalue weighted by Crippen LogP contribution is -2.42. The average Bonchev–Trinajstić information content (AvgIpc) is 3.50. The van der Waals surface area contributed by atoms with E-state index in [0.29, 0.717) is 18.4 Å². The molecule has 218 valence electrons. The van der Waals surface area contributed by atoms with Crippen LogP contribution in [0.2, 0.25) is 0 Å². The van der Waals surface area contributed by atoms with Gasteiger partial charge in [0.25, 0.3) is 0 Å². The number of allylic oxidation sites excluding steroid dienone is 3. The second-order valence-electron chi connectivity index (χ2n) is 10.4. The van der Waals surface area contributed by atoms with Crippen LogP contribution in [-0.4, -0.2) is 48.8 Å². The maximum absolute atomic E-state index is 13.5. The minimum absolute atomic E-state index is 0.0171. The molecule has 0 fully saturated rings. The third-order valence-corrected chi connectivity index (χ3v) is 9.64. The minimum Gasteiger partial charge on any atom is -0.478 e. The summed E-state index contributed by atoms with van der Waals surface area (Å²) in [5.74, 6) is -3.97. The summed E-state index contributed by atoms with van der Waals surface area (Å²) < 4.78 is 80.3. The van der Waals surface area contributed by atoms with Crippen LogP contribution in [0.4, 0.5) is 23.2 Å². The van der Waals surface area contributed by atoms with Gasteiger partial charge in [-0.3, -0.25) is 5.01 Å². The molecule has 2 aliphatic carbocycles. The minimum atomic E-state index is -4.92. The van der Waals surface area contributed by atoms with Gasteiger partial charge >= 0.3 is 12.1 Å². The first kappa shape index (κ1) is 28.9. The summed E-state index contributed by atoms with van der Waals surface area (Å²) in [6.07, 6.45) is 0.0743. The van der Waals surface area contributed by atoms with Gasteiger partial charge in [-0.1, -0.05) is 30.7 Å². The predicted molar refractivity (Wildman–Crippen MR) is 146 cm³/mol. The number of hydrogen-bond acceptors (Lipinski definition) is 5. The number of carboxylic acids is 1. The maximum atomic E-state index is 13.5. The highest BCUT2D eigenvalue weighted by Gasteiger charge is 2.42. The fourth-order valence-corrected chi connectivity index (χ4v) is 7.36. The lowest BCUT2D eigenvalue weighted by atomic mass is 9.80. The Labute approximate surface area is 235 Å². The third-order valence-electron chi connectivity index (χ3n) is 7.83. The molecule has 0 amide bonds. The topological polar surface area (TPSA) is 89.9 Å². The van der Waals surface area contributed by atoms with Gasteiger partial charge in [-0.25, -0.2) is 21.9 Å². The van der Waals surface area contributed by atoms with Crippen molar-refractivity contribution in [1.29, 1.82) is 0 Å². The monoisotopic (exact) mass is 591 g/mol. The molecule has 0 saturated carbocycles. The number of aromatic carboxylic acids is 1. The number of alkyl halides is 3. The Morgan fingerprint density at radius 3 is 2.54 bits per heavy atom. The van der Waals surface area contributed by atoms with Crippen molar-refractivity contribution in [3.63, 3.8) is 0 Å². The number of anilines is 1. The zero-order valence-corrected chi connectivity index (χ0v) is 23.0. The molecule has 0 spiro atoms. The van der Waals surface area contributed by atoms with Gasteiger partial charge in [-0.2, -0.15) is 13.2 Å². The molecule has 12 heteroatoms. The Balaban J connectivity index is 1.42. The van der Waals surface area contributed by atoms with Crippen molar-refractivity contribution in [1.82, 2.24) is 9.73 Å². The van der Waals surface area contributed by atoms with Gasteiger partial charge in [0.15, 0.2) is 5.75 Å². The second-order valence-corrected chi connectivity index (χ2v) is 12.4. The second kappa shape index (κ2) is 11.0. The molecule has 7 nitrogen and oxygen atoms in total. The van der Waals surface area contributed by atoms with E-state index in [0.717, 1.165) is 32.4 Å². The lowest BCUT2D eigenvalue weighted by molar-refractivity contribution is -0.107. The van der Waals surface area contributed by atoms with E-state index >= 15 is 0 Å². The van der Waals surface area contributed by atoms with Gasteiger partial charge in [-0.15, -0.1) is 0 Å². The van der Waals surface area contributed by atoms with Crippen molar-refractivity contribution in [3.8, 4) is 0 Å². The summed E-state index contributed by atoms with van der Waals surface area (Å²) in [6, 6.07) is 12.1. The van der Waals surface area contributed by atoms with Gasteiger partial charge in [0.1, 0.15) is 5.82 Å². The van der Waals surface area contributed by atoms with Crippen molar-refractivity contribution in [2.24, 2.45) is 11.8 Å². The van der Waals surface area contributed by atoms with Gasteiger partial charge < -0.3 is 10.5 Å². The number of sulfonamides is 1. The highest BCUT2D eigenvalue weighted by molar-refractivity contribution is 7.89. The molecule has 0 saturated heterocycles. The Morgan fingerprint density at radius 1 is 1.15 bits per heavy atom. The molecule has 0 aromatic heterocycles. The number of rotatable bonds is 9. The van der Waals surface area contributed by atoms with E-state index < -0.39 is 27.9 Å². The fourth-order valence-electron chi connectivity index (χ4n) is 5.99. The summed E-state index contributed by atoms with van der Waals surface area (Å²) in [5, 5.41) is 11.3. The molecular formula is C29H29F4N3O4S. The maximum Gasteiger partial charge on any atom is 0.404 e. The molecule has 1 aliphatic heterocycles. The zero-order chi connectivity index (χ0) is 29.5. The number of benzene rings is 2. The Hall–Kier alpha value is -3.64. The van der Waals surface area contributed by atoms with Crippen LogP contribution >= 0.6 is 0 Å².